The van der Waals surface area contributed by atoms with E-state index in [2.05, 4.69) is 63.6 Å². The summed E-state index contributed by atoms with van der Waals surface area (Å²) in [4.78, 5) is 17.9. The lowest BCUT2D eigenvalue weighted by molar-refractivity contribution is -0.144. The van der Waals surface area contributed by atoms with Crippen molar-refractivity contribution in [2.45, 2.75) is 24.4 Å². The summed E-state index contributed by atoms with van der Waals surface area (Å²) in [6.07, 6.45) is 1.60. The van der Waals surface area contributed by atoms with Crippen LogP contribution in [0.4, 0.5) is 0 Å². The second kappa shape index (κ2) is 6.86. The predicted octanol–water partition coefficient (Wildman–Crippen LogP) is 2.26. The number of rotatable bonds is 3. The summed E-state index contributed by atoms with van der Waals surface area (Å²) >= 11 is 0. The first-order valence-electron chi connectivity index (χ1n) is 9.42. The Morgan fingerprint density at radius 1 is 1.04 bits per heavy atom. The molecule has 0 bridgehead atoms. The van der Waals surface area contributed by atoms with Crippen molar-refractivity contribution in [3.05, 3.63) is 71.3 Å². The normalized spacial score (nSPS) is 21.7. The van der Waals surface area contributed by atoms with Crippen LogP contribution < -0.4 is 5.32 Å². The molecule has 0 unspecified atom stereocenters. The van der Waals surface area contributed by atoms with Gasteiger partial charge in [-0.1, -0.05) is 54.6 Å². The van der Waals surface area contributed by atoms with Gasteiger partial charge >= 0.3 is 0 Å². The van der Waals surface area contributed by atoms with Crippen LogP contribution in [0.15, 0.2) is 54.6 Å². The summed E-state index contributed by atoms with van der Waals surface area (Å²) in [5.74, 6) is 0.265. The number of hydrogen-bond donors (Lipinski definition) is 1. The topological polar surface area (TPSA) is 35.6 Å². The number of likely N-dealkylation sites (N-methyl/N-ethyl adjacent to an activating group) is 1. The van der Waals surface area contributed by atoms with Crippen LogP contribution in [-0.2, 0) is 17.6 Å². The minimum atomic E-state index is -0.456. The molecule has 0 saturated carbocycles. The van der Waals surface area contributed by atoms with E-state index in [0.717, 1.165) is 32.5 Å². The van der Waals surface area contributed by atoms with Crippen LogP contribution in [0.2, 0.25) is 0 Å². The van der Waals surface area contributed by atoms with Crippen molar-refractivity contribution in [3.63, 3.8) is 0 Å². The molecule has 1 fully saturated rings. The summed E-state index contributed by atoms with van der Waals surface area (Å²) in [6, 6.07) is 19.1. The molecule has 26 heavy (non-hydrogen) atoms. The summed E-state index contributed by atoms with van der Waals surface area (Å²) in [5, 5.41) is 3.56. The lowest BCUT2D eigenvalue weighted by Gasteiger charge is -2.42. The molecule has 1 saturated heterocycles. The maximum absolute atomic E-state index is 13.7. The molecule has 1 aliphatic carbocycles. The van der Waals surface area contributed by atoms with E-state index < -0.39 is 5.54 Å². The van der Waals surface area contributed by atoms with E-state index in [0.29, 0.717) is 0 Å². The number of carbonyl (C=O) groups is 1. The third-order valence-electron chi connectivity index (χ3n) is 6.00. The van der Waals surface area contributed by atoms with Gasteiger partial charge in [0.15, 0.2) is 0 Å². The molecule has 4 rings (SSSR count). The van der Waals surface area contributed by atoms with Gasteiger partial charge in [0.05, 0.1) is 0 Å². The Hall–Kier alpha value is -2.17. The number of piperazine rings is 1. The number of hydrogen-bond acceptors (Lipinski definition) is 3. The molecule has 0 radical (unpaired) electrons. The molecule has 1 aliphatic heterocycles. The Morgan fingerprint density at radius 3 is 2.27 bits per heavy atom. The van der Waals surface area contributed by atoms with Gasteiger partial charge < -0.3 is 10.2 Å². The van der Waals surface area contributed by atoms with E-state index in [1.54, 1.807) is 0 Å². The average molecular weight is 349 g/mol. The highest BCUT2D eigenvalue weighted by atomic mass is 16.2. The van der Waals surface area contributed by atoms with Gasteiger partial charge in [-0.2, -0.15) is 0 Å². The molecule has 2 aliphatic rings. The molecule has 0 aromatic heterocycles. The van der Waals surface area contributed by atoms with Crippen molar-refractivity contribution in [2.75, 3.05) is 33.7 Å². The van der Waals surface area contributed by atoms with Crippen molar-refractivity contribution in [3.8, 4) is 0 Å². The van der Waals surface area contributed by atoms with Crippen LogP contribution in [0.5, 0.6) is 0 Å². The summed E-state index contributed by atoms with van der Waals surface area (Å²) in [6.45, 7) is 2.34. The molecule has 1 N–H and O–H groups in total. The van der Waals surface area contributed by atoms with Crippen molar-refractivity contribution < 1.29 is 4.79 Å². The quantitative estimate of drug-likeness (QED) is 0.923. The molecular weight excluding hydrogens is 322 g/mol. The fraction of sp³-hybridized carbons (Fsp3) is 0.409. The Labute approximate surface area is 155 Å². The highest BCUT2D eigenvalue weighted by Gasteiger charge is 2.48. The first-order valence-corrected chi connectivity index (χ1v) is 9.42. The number of carbonyl (C=O) groups excluding carboxylic acids is 1. The molecule has 2 aromatic carbocycles. The van der Waals surface area contributed by atoms with Crippen LogP contribution in [-0.4, -0.2) is 55.0 Å². The molecule has 1 heterocycles. The first-order chi connectivity index (χ1) is 12.6. The second-order valence-corrected chi connectivity index (χ2v) is 7.72. The van der Waals surface area contributed by atoms with Gasteiger partial charge in [0.1, 0.15) is 5.54 Å². The largest absolute Gasteiger partial charge is 0.338 e. The van der Waals surface area contributed by atoms with Crippen LogP contribution >= 0.6 is 0 Å². The zero-order valence-corrected chi connectivity index (χ0v) is 15.6. The smallest absolute Gasteiger partial charge is 0.243 e. The van der Waals surface area contributed by atoms with E-state index in [1.807, 2.05) is 20.2 Å². The molecule has 0 spiro atoms. The van der Waals surface area contributed by atoms with E-state index in [4.69, 9.17) is 0 Å². The molecule has 4 nitrogen and oxygen atoms in total. The fourth-order valence-electron chi connectivity index (χ4n) is 4.39. The Bertz CT molecular complexity index is 762. The van der Waals surface area contributed by atoms with Gasteiger partial charge in [0.25, 0.3) is 0 Å². The number of benzene rings is 2. The van der Waals surface area contributed by atoms with Crippen LogP contribution in [0.3, 0.4) is 0 Å². The third-order valence-corrected chi connectivity index (χ3v) is 6.00. The summed E-state index contributed by atoms with van der Waals surface area (Å²) < 4.78 is 0. The van der Waals surface area contributed by atoms with Gasteiger partial charge in [-0.05, 0) is 30.8 Å². The molecule has 4 heteroatoms. The standard InChI is InChI=1S/C22H27N3O/c1-24(2)22(14-18-10-6-7-11-19(18)15-22)21(26)25-13-12-23-20(16-25)17-8-4-3-5-9-17/h3-11,20,23H,12-16H2,1-2H3/t20-/m1/s1. The zero-order valence-electron chi connectivity index (χ0n) is 15.6. The number of amides is 1. The summed E-state index contributed by atoms with van der Waals surface area (Å²) in [5.41, 5.74) is 3.41. The van der Waals surface area contributed by atoms with Gasteiger partial charge in [-0.25, -0.2) is 0 Å². The van der Waals surface area contributed by atoms with Gasteiger partial charge in [-0.3, -0.25) is 9.69 Å². The Balaban J connectivity index is 1.57. The second-order valence-electron chi connectivity index (χ2n) is 7.72. The van der Waals surface area contributed by atoms with Crippen LogP contribution in [0.25, 0.3) is 0 Å². The SMILES string of the molecule is CN(C)C1(C(=O)N2CCN[C@@H](c3ccccc3)C2)Cc2ccccc2C1. The molecule has 1 atom stereocenters. The molecule has 2 aromatic rings. The van der Waals surface area contributed by atoms with E-state index in [-0.39, 0.29) is 11.9 Å². The number of nitrogens with zero attached hydrogens (tertiary/aromatic N) is 2. The molecular formula is C22H27N3O. The minimum Gasteiger partial charge on any atom is -0.338 e. The summed E-state index contributed by atoms with van der Waals surface area (Å²) in [7, 11) is 4.08. The monoisotopic (exact) mass is 349 g/mol. The van der Waals surface area contributed by atoms with E-state index in [9.17, 15) is 4.79 Å². The lowest BCUT2D eigenvalue weighted by Crippen LogP contribution is -2.61. The average Bonchev–Trinajstić information content (AvgIpc) is 3.09. The molecule has 1 amide bonds. The lowest BCUT2D eigenvalue weighted by atomic mass is 9.91. The highest BCUT2D eigenvalue weighted by molar-refractivity contribution is 5.88. The Kier molecular flexibility index (Phi) is 4.55. The van der Waals surface area contributed by atoms with E-state index in [1.165, 1.54) is 16.7 Å². The highest BCUT2D eigenvalue weighted by Crippen LogP contribution is 2.35. The predicted molar refractivity (Wildman–Crippen MR) is 104 cm³/mol. The Morgan fingerprint density at radius 2 is 1.65 bits per heavy atom. The number of fused-ring (bicyclic) bond motifs is 1. The maximum atomic E-state index is 13.7. The van der Waals surface area contributed by atoms with Gasteiger partial charge in [0.2, 0.25) is 5.91 Å². The van der Waals surface area contributed by atoms with Crippen molar-refractivity contribution in [1.29, 1.82) is 0 Å². The van der Waals surface area contributed by atoms with Crippen molar-refractivity contribution >= 4 is 5.91 Å². The van der Waals surface area contributed by atoms with Crippen molar-refractivity contribution in [2.24, 2.45) is 0 Å². The number of nitrogens with one attached hydrogen (secondary N) is 1. The minimum absolute atomic E-state index is 0.205. The zero-order chi connectivity index (χ0) is 18.1. The fourth-order valence-corrected chi connectivity index (χ4v) is 4.39. The maximum Gasteiger partial charge on any atom is 0.243 e. The van der Waals surface area contributed by atoms with Crippen molar-refractivity contribution in [1.82, 2.24) is 15.1 Å². The van der Waals surface area contributed by atoms with Gasteiger partial charge in [0, 0.05) is 38.5 Å². The van der Waals surface area contributed by atoms with E-state index >= 15 is 0 Å². The van der Waals surface area contributed by atoms with Gasteiger partial charge in [-0.15, -0.1) is 0 Å². The van der Waals surface area contributed by atoms with Crippen LogP contribution in [0, 0.1) is 0 Å². The third kappa shape index (κ3) is 2.93. The molecule has 136 valence electrons. The first kappa shape index (κ1) is 17.3. The van der Waals surface area contributed by atoms with Crippen LogP contribution in [0.1, 0.15) is 22.7 Å².